The molecule has 0 radical (unpaired) electrons. The highest BCUT2D eigenvalue weighted by atomic mass is 16.6. The van der Waals surface area contributed by atoms with E-state index in [0.717, 1.165) is 83.5 Å². The number of likely N-dealkylation sites (N-methyl/N-ethyl adjacent to an activating group) is 1. The van der Waals surface area contributed by atoms with Crippen molar-refractivity contribution in [1.82, 2.24) is 0 Å². The molecule has 0 amide bonds. The van der Waals surface area contributed by atoms with Crippen LogP contribution in [0.25, 0.3) is 0 Å². The van der Waals surface area contributed by atoms with Gasteiger partial charge in [0.15, 0.2) is 6.10 Å². The van der Waals surface area contributed by atoms with Gasteiger partial charge in [-0.05, 0) is 77.0 Å². The highest BCUT2D eigenvalue weighted by Crippen LogP contribution is 2.11. The molecule has 2 atom stereocenters. The largest absolute Gasteiger partial charge is 0.544 e. The molecular weight excluding hydrogens is 679 g/mol. The number of hydrogen-bond acceptors (Lipinski definition) is 7. The van der Waals surface area contributed by atoms with Gasteiger partial charge in [0.1, 0.15) is 12.6 Å². The molecule has 0 heterocycles. The standard InChI is InChI=1S/C46H75NO7/c1-6-8-10-12-14-16-18-19-20-21-22-23-24-25-27-28-30-32-34-36-44(48)53-41-42(40-52-39-38-43(46(50)51)47(3,4)5)54-45(49)37-35-33-31-29-26-17-15-13-11-9-7-2/h8,10,13-17,19-20,22-23,25-27,42-43H,6-7,9,11-12,18,21,24,28-41H2,1-5H3/b10-8+,15-13+,16-14+,20-19+,23-22+,26-17+,27-25+. The van der Waals surface area contributed by atoms with Gasteiger partial charge in [0.25, 0.3) is 0 Å². The van der Waals surface area contributed by atoms with Crippen LogP contribution in [0, 0.1) is 0 Å². The van der Waals surface area contributed by atoms with E-state index >= 15 is 0 Å². The number of nitrogens with zero attached hydrogens (tertiary/aromatic N) is 1. The predicted octanol–water partition coefficient (Wildman–Crippen LogP) is 9.63. The first kappa shape index (κ1) is 50.5. The van der Waals surface area contributed by atoms with Crippen LogP contribution in [0.3, 0.4) is 0 Å². The number of quaternary nitrogens is 1. The average Bonchev–Trinajstić information content (AvgIpc) is 3.12. The Labute approximate surface area is 329 Å². The van der Waals surface area contributed by atoms with Gasteiger partial charge in [-0.15, -0.1) is 0 Å². The predicted molar refractivity (Wildman–Crippen MR) is 222 cm³/mol. The second-order valence-electron chi connectivity index (χ2n) is 14.5. The van der Waals surface area contributed by atoms with Gasteiger partial charge in [-0.1, -0.05) is 125 Å². The Morgan fingerprint density at radius 2 is 1.09 bits per heavy atom. The summed E-state index contributed by atoms with van der Waals surface area (Å²) in [5.41, 5.74) is 0. The molecule has 0 saturated heterocycles. The van der Waals surface area contributed by atoms with Crippen LogP contribution in [0.1, 0.15) is 136 Å². The highest BCUT2D eigenvalue weighted by Gasteiger charge is 2.25. The van der Waals surface area contributed by atoms with Crippen molar-refractivity contribution in [1.29, 1.82) is 0 Å². The van der Waals surface area contributed by atoms with Crippen LogP contribution in [0.15, 0.2) is 85.1 Å². The Morgan fingerprint density at radius 3 is 1.61 bits per heavy atom. The highest BCUT2D eigenvalue weighted by molar-refractivity contribution is 5.70. The van der Waals surface area contributed by atoms with E-state index in [1.807, 2.05) is 0 Å². The molecule has 0 saturated carbocycles. The molecule has 0 spiro atoms. The summed E-state index contributed by atoms with van der Waals surface area (Å²) in [5.74, 6) is -1.83. The van der Waals surface area contributed by atoms with Gasteiger partial charge in [0.2, 0.25) is 0 Å². The van der Waals surface area contributed by atoms with E-state index in [0.29, 0.717) is 12.8 Å². The number of carbonyl (C=O) groups is 3. The van der Waals surface area contributed by atoms with Gasteiger partial charge in [0.05, 0.1) is 40.3 Å². The first-order chi connectivity index (χ1) is 26.1. The SMILES string of the molecule is CC/C=C/C/C=C/C/C=C/C/C=C/C/C=C/CCCCCC(=O)OCC(COCCC(C(=O)[O-])[N+](C)(C)C)OC(=O)CCCCC/C=C/C=C/CCCC. The molecule has 8 heteroatoms. The van der Waals surface area contributed by atoms with Crippen molar-refractivity contribution in [3.8, 4) is 0 Å². The Morgan fingerprint density at radius 1 is 0.593 bits per heavy atom. The summed E-state index contributed by atoms with van der Waals surface area (Å²) >= 11 is 0. The van der Waals surface area contributed by atoms with Crippen LogP contribution in [0.4, 0.5) is 0 Å². The molecule has 0 aromatic heterocycles. The molecule has 0 fully saturated rings. The maximum absolute atomic E-state index is 12.6. The third-order valence-electron chi connectivity index (χ3n) is 8.54. The van der Waals surface area contributed by atoms with Crippen molar-refractivity contribution in [3.63, 3.8) is 0 Å². The topological polar surface area (TPSA) is 102 Å². The quantitative estimate of drug-likeness (QED) is 0.0209. The van der Waals surface area contributed by atoms with E-state index in [9.17, 15) is 19.5 Å². The Bertz CT molecular complexity index is 1160. The number of ether oxygens (including phenoxy) is 3. The fraction of sp³-hybridized carbons (Fsp3) is 0.630. The summed E-state index contributed by atoms with van der Waals surface area (Å²) in [6.45, 7) is 4.40. The van der Waals surface area contributed by atoms with E-state index in [2.05, 4.69) is 98.9 Å². The zero-order chi connectivity index (χ0) is 40.0. The Balaban J connectivity index is 4.46. The van der Waals surface area contributed by atoms with Gasteiger partial charge >= 0.3 is 11.9 Å². The van der Waals surface area contributed by atoms with Gasteiger partial charge in [-0.3, -0.25) is 9.59 Å². The number of rotatable bonds is 35. The van der Waals surface area contributed by atoms with Crippen LogP contribution >= 0.6 is 0 Å². The lowest BCUT2D eigenvalue weighted by molar-refractivity contribution is -0.889. The fourth-order valence-corrected chi connectivity index (χ4v) is 5.31. The zero-order valence-electron chi connectivity index (χ0n) is 34.6. The number of allylic oxidation sites excluding steroid dienone is 14. The molecule has 8 nitrogen and oxygen atoms in total. The third-order valence-corrected chi connectivity index (χ3v) is 8.54. The van der Waals surface area contributed by atoms with Gasteiger partial charge in [-0.25, -0.2) is 0 Å². The summed E-state index contributed by atoms with van der Waals surface area (Å²) in [4.78, 5) is 36.7. The second-order valence-corrected chi connectivity index (χ2v) is 14.5. The smallest absolute Gasteiger partial charge is 0.306 e. The lowest BCUT2D eigenvalue weighted by atomic mass is 10.1. The first-order valence-corrected chi connectivity index (χ1v) is 20.6. The van der Waals surface area contributed by atoms with Gasteiger partial charge < -0.3 is 28.6 Å². The monoisotopic (exact) mass is 754 g/mol. The minimum atomic E-state index is -1.14. The molecule has 0 aromatic rings. The molecule has 54 heavy (non-hydrogen) atoms. The molecule has 0 bridgehead atoms. The van der Waals surface area contributed by atoms with Crippen LogP contribution in [0.2, 0.25) is 0 Å². The number of carbonyl (C=O) groups excluding carboxylic acids is 3. The van der Waals surface area contributed by atoms with Crippen molar-refractivity contribution >= 4 is 17.9 Å². The Kier molecular flexibility index (Phi) is 34.1. The third kappa shape index (κ3) is 34.3. The fourth-order valence-electron chi connectivity index (χ4n) is 5.31. The van der Waals surface area contributed by atoms with Crippen LogP contribution in [-0.4, -0.2) is 75.5 Å². The van der Waals surface area contributed by atoms with Crippen molar-refractivity contribution in [2.24, 2.45) is 0 Å². The van der Waals surface area contributed by atoms with Crippen LogP contribution in [0.5, 0.6) is 0 Å². The summed E-state index contributed by atoms with van der Waals surface area (Å²) in [7, 11) is 5.37. The van der Waals surface area contributed by atoms with E-state index in [-0.39, 0.29) is 49.1 Å². The van der Waals surface area contributed by atoms with Crippen molar-refractivity contribution in [2.75, 3.05) is 41.0 Å². The maximum atomic E-state index is 12.6. The molecule has 306 valence electrons. The minimum absolute atomic E-state index is 0.0136. The summed E-state index contributed by atoms with van der Waals surface area (Å²) in [6.07, 6.45) is 46.1. The summed E-state index contributed by atoms with van der Waals surface area (Å²) < 4.78 is 17.0. The maximum Gasteiger partial charge on any atom is 0.306 e. The van der Waals surface area contributed by atoms with E-state index in [1.54, 1.807) is 21.1 Å². The summed E-state index contributed by atoms with van der Waals surface area (Å²) in [5, 5.41) is 11.6. The normalized spacial score (nSPS) is 13.9. The second kappa shape index (κ2) is 36.5. The number of carboxylic acids is 1. The van der Waals surface area contributed by atoms with Crippen molar-refractivity contribution in [3.05, 3.63) is 85.1 Å². The number of aliphatic carboxylic acids is 1. The van der Waals surface area contributed by atoms with E-state index in [4.69, 9.17) is 14.2 Å². The zero-order valence-corrected chi connectivity index (χ0v) is 34.6. The molecule has 0 aliphatic rings. The van der Waals surface area contributed by atoms with Crippen LogP contribution < -0.4 is 5.11 Å². The van der Waals surface area contributed by atoms with Crippen molar-refractivity contribution in [2.45, 2.75) is 148 Å². The van der Waals surface area contributed by atoms with Gasteiger partial charge in [0, 0.05) is 19.3 Å². The molecule has 0 rings (SSSR count). The van der Waals surface area contributed by atoms with Crippen molar-refractivity contribution < 1.29 is 38.2 Å². The minimum Gasteiger partial charge on any atom is -0.544 e. The lowest BCUT2D eigenvalue weighted by Gasteiger charge is -2.34. The number of hydrogen-bond donors (Lipinski definition) is 0. The Hall–Kier alpha value is -3.49. The number of unbranched alkanes of at least 4 members (excludes halogenated alkanes) is 8. The molecule has 0 N–H and O–H groups in total. The first-order valence-electron chi connectivity index (χ1n) is 20.6. The molecule has 2 unspecified atom stereocenters. The number of carboxylic acid groups (broad SMARTS) is 1. The van der Waals surface area contributed by atoms with E-state index < -0.39 is 18.1 Å². The van der Waals surface area contributed by atoms with Crippen LogP contribution in [-0.2, 0) is 28.6 Å². The molecule has 0 aliphatic heterocycles. The van der Waals surface area contributed by atoms with Gasteiger partial charge in [-0.2, -0.15) is 0 Å². The average molecular weight is 754 g/mol. The molecule has 0 aromatic carbocycles. The molecule has 0 aliphatic carbocycles. The summed E-state index contributed by atoms with van der Waals surface area (Å²) in [6, 6.07) is -0.739. The molecular formula is C46H75NO7. The van der Waals surface area contributed by atoms with E-state index in [1.165, 1.54) is 12.8 Å². The number of esters is 2. The lowest BCUT2D eigenvalue weighted by Crippen LogP contribution is -2.55.